The van der Waals surface area contributed by atoms with Gasteiger partial charge in [0.05, 0.1) is 6.61 Å². The molecule has 0 aliphatic carbocycles. The number of anilines is 1. The van der Waals surface area contributed by atoms with Crippen molar-refractivity contribution in [2.24, 2.45) is 0 Å². The van der Waals surface area contributed by atoms with Crippen molar-refractivity contribution >= 4 is 11.6 Å². The minimum atomic E-state index is -0.448. The first-order valence-electron chi connectivity index (χ1n) is 6.29. The number of rotatable bonds is 7. The molecule has 1 unspecified atom stereocenters. The van der Waals surface area contributed by atoms with Gasteiger partial charge in [0.1, 0.15) is 6.10 Å². The van der Waals surface area contributed by atoms with Crippen LogP contribution in [0.15, 0.2) is 36.9 Å². The third-order valence-electron chi connectivity index (χ3n) is 2.69. The smallest absolute Gasteiger partial charge is 0.253 e. The summed E-state index contributed by atoms with van der Waals surface area (Å²) in [6.45, 7) is 7.98. The highest BCUT2D eigenvalue weighted by Crippen LogP contribution is 2.10. The topological polar surface area (TPSA) is 38.3 Å². The lowest BCUT2D eigenvalue weighted by Crippen LogP contribution is -2.28. The Morgan fingerprint density at radius 2 is 2.11 bits per heavy atom. The molecule has 0 aromatic heterocycles. The Labute approximate surface area is 109 Å². The first kappa shape index (κ1) is 14.5. The molecule has 0 bridgehead atoms. The van der Waals surface area contributed by atoms with Crippen LogP contribution in [0.4, 0.5) is 5.69 Å². The lowest BCUT2D eigenvalue weighted by molar-refractivity contribution is -0.126. The Kier molecular flexibility index (Phi) is 6.15. The molecule has 18 heavy (non-hydrogen) atoms. The van der Waals surface area contributed by atoms with Crippen molar-refractivity contribution in [3.05, 3.63) is 42.5 Å². The molecule has 0 radical (unpaired) electrons. The van der Waals surface area contributed by atoms with E-state index >= 15 is 0 Å². The molecule has 1 aromatic carbocycles. The van der Waals surface area contributed by atoms with Gasteiger partial charge in [0.25, 0.3) is 5.91 Å². The molecule has 0 saturated carbocycles. The number of carbonyl (C=O) groups excluding carboxylic acids is 1. The lowest BCUT2D eigenvalue weighted by Gasteiger charge is -2.13. The lowest BCUT2D eigenvalue weighted by atomic mass is 10.1. The van der Waals surface area contributed by atoms with Crippen molar-refractivity contribution in [2.75, 3.05) is 11.9 Å². The van der Waals surface area contributed by atoms with Gasteiger partial charge >= 0.3 is 0 Å². The highest BCUT2D eigenvalue weighted by atomic mass is 16.5. The SMILES string of the molecule is C=CCCOC(C)C(=O)Nc1ccc(CC)cc1. The van der Waals surface area contributed by atoms with E-state index in [9.17, 15) is 4.79 Å². The Balaban J connectivity index is 2.44. The molecule has 1 aromatic rings. The molecule has 0 aliphatic rings. The normalized spacial score (nSPS) is 11.9. The highest BCUT2D eigenvalue weighted by molar-refractivity contribution is 5.93. The quantitative estimate of drug-likeness (QED) is 0.593. The average molecular weight is 247 g/mol. The minimum Gasteiger partial charge on any atom is -0.368 e. The van der Waals surface area contributed by atoms with Gasteiger partial charge in [-0.3, -0.25) is 4.79 Å². The molecule has 0 spiro atoms. The molecule has 1 amide bonds. The zero-order valence-electron chi connectivity index (χ0n) is 11.1. The van der Waals surface area contributed by atoms with E-state index in [0.29, 0.717) is 6.61 Å². The molecule has 0 fully saturated rings. The first-order valence-corrected chi connectivity index (χ1v) is 6.29. The zero-order chi connectivity index (χ0) is 13.4. The second-order valence-electron chi connectivity index (χ2n) is 4.13. The molecule has 0 saturated heterocycles. The van der Waals surface area contributed by atoms with E-state index in [4.69, 9.17) is 4.74 Å². The predicted octanol–water partition coefficient (Wildman–Crippen LogP) is 3.17. The second kappa shape index (κ2) is 7.67. The van der Waals surface area contributed by atoms with Gasteiger partial charge in [-0.05, 0) is 37.5 Å². The number of amides is 1. The number of carbonyl (C=O) groups is 1. The molecule has 3 heteroatoms. The van der Waals surface area contributed by atoms with Crippen molar-refractivity contribution < 1.29 is 9.53 Å². The Bertz CT molecular complexity index is 384. The van der Waals surface area contributed by atoms with Crippen LogP contribution in [0.1, 0.15) is 25.8 Å². The van der Waals surface area contributed by atoms with Gasteiger partial charge in [0.15, 0.2) is 0 Å². The van der Waals surface area contributed by atoms with Crippen LogP contribution in [0.3, 0.4) is 0 Å². The van der Waals surface area contributed by atoms with Crippen molar-refractivity contribution in [2.45, 2.75) is 32.8 Å². The summed E-state index contributed by atoms with van der Waals surface area (Å²) in [5.74, 6) is -0.122. The minimum absolute atomic E-state index is 0.122. The molecule has 0 heterocycles. The van der Waals surface area contributed by atoms with Crippen molar-refractivity contribution in [3.8, 4) is 0 Å². The number of ether oxygens (including phenoxy) is 1. The maximum absolute atomic E-state index is 11.8. The maximum atomic E-state index is 11.8. The number of hydrogen-bond acceptors (Lipinski definition) is 2. The Hall–Kier alpha value is -1.61. The van der Waals surface area contributed by atoms with Crippen molar-refractivity contribution in [3.63, 3.8) is 0 Å². The van der Waals surface area contributed by atoms with Crippen LogP contribution in [-0.4, -0.2) is 18.6 Å². The molecular formula is C15H21NO2. The molecule has 98 valence electrons. The third kappa shape index (κ3) is 4.72. The van der Waals surface area contributed by atoms with E-state index in [1.165, 1.54) is 5.56 Å². The van der Waals surface area contributed by atoms with Crippen LogP contribution in [-0.2, 0) is 16.0 Å². The molecule has 3 nitrogen and oxygen atoms in total. The first-order chi connectivity index (χ1) is 8.67. The van der Waals surface area contributed by atoms with Crippen LogP contribution in [0.25, 0.3) is 0 Å². The van der Waals surface area contributed by atoms with Gasteiger partial charge in [0, 0.05) is 5.69 Å². The van der Waals surface area contributed by atoms with E-state index in [-0.39, 0.29) is 5.91 Å². The van der Waals surface area contributed by atoms with Crippen LogP contribution in [0, 0.1) is 0 Å². The third-order valence-corrected chi connectivity index (χ3v) is 2.69. The largest absolute Gasteiger partial charge is 0.368 e. The van der Waals surface area contributed by atoms with Gasteiger partial charge in [-0.25, -0.2) is 0 Å². The Morgan fingerprint density at radius 3 is 2.67 bits per heavy atom. The molecule has 0 aliphatic heterocycles. The van der Waals surface area contributed by atoms with E-state index in [2.05, 4.69) is 18.8 Å². The van der Waals surface area contributed by atoms with Gasteiger partial charge in [-0.1, -0.05) is 25.1 Å². The van der Waals surface area contributed by atoms with Crippen molar-refractivity contribution in [1.29, 1.82) is 0 Å². The fourth-order valence-electron chi connectivity index (χ4n) is 1.47. The van der Waals surface area contributed by atoms with Gasteiger partial charge in [-0.2, -0.15) is 0 Å². The monoisotopic (exact) mass is 247 g/mol. The summed E-state index contributed by atoms with van der Waals surface area (Å²) in [5.41, 5.74) is 2.06. The summed E-state index contributed by atoms with van der Waals surface area (Å²) < 4.78 is 5.38. The number of aryl methyl sites for hydroxylation is 1. The zero-order valence-corrected chi connectivity index (χ0v) is 11.1. The molecule has 1 rings (SSSR count). The molecule has 1 N–H and O–H groups in total. The van der Waals surface area contributed by atoms with E-state index in [1.54, 1.807) is 13.0 Å². The number of nitrogens with one attached hydrogen (secondary N) is 1. The van der Waals surface area contributed by atoms with Crippen LogP contribution < -0.4 is 5.32 Å². The van der Waals surface area contributed by atoms with E-state index in [0.717, 1.165) is 18.5 Å². The number of hydrogen-bond donors (Lipinski definition) is 1. The van der Waals surface area contributed by atoms with Gasteiger partial charge < -0.3 is 10.1 Å². The second-order valence-corrected chi connectivity index (χ2v) is 4.13. The fourth-order valence-corrected chi connectivity index (χ4v) is 1.47. The summed E-state index contributed by atoms with van der Waals surface area (Å²) in [5, 5.41) is 2.83. The van der Waals surface area contributed by atoms with Crippen LogP contribution in [0.5, 0.6) is 0 Å². The number of benzene rings is 1. The maximum Gasteiger partial charge on any atom is 0.253 e. The molecule has 1 atom stereocenters. The summed E-state index contributed by atoms with van der Waals surface area (Å²) in [6.07, 6.45) is 3.07. The average Bonchev–Trinajstić information content (AvgIpc) is 2.39. The van der Waals surface area contributed by atoms with Gasteiger partial charge in [0.2, 0.25) is 0 Å². The molecular weight excluding hydrogens is 226 g/mol. The summed E-state index contributed by atoms with van der Waals surface area (Å²) >= 11 is 0. The van der Waals surface area contributed by atoms with Crippen molar-refractivity contribution in [1.82, 2.24) is 0 Å². The highest BCUT2D eigenvalue weighted by Gasteiger charge is 2.12. The van der Waals surface area contributed by atoms with Crippen LogP contribution in [0.2, 0.25) is 0 Å². The van der Waals surface area contributed by atoms with Gasteiger partial charge in [-0.15, -0.1) is 6.58 Å². The van der Waals surface area contributed by atoms with Crippen LogP contribution >= 0.6 is 0 Å². The van der Waals surface area contributed by atoms with E-state index in [1.807, 2.05) is 24.3 Å². The fraction of sp³-hybridized carbons (Fsp3) is 0.400. The summed E-state index contributed by atoms with van der Waals surface area (Å²) in [4.78, 5) is 11.8. The van der Waals surface area contributed by atoms with E-state index < -0.39 is 6.10 Å². The standard InChI is InChI=1S/C15H21NO2/c1-4-6-11-18-12(3)15(17)16-14-9-7-13(5-2)8-10-14/h4,7-10,12H,1,5-6,11H2,2-3H3,(H,16,17). The Morgan fingerprint density at radius 1 is 1.44 bits per heavy atom. The summed E-state index contributed by atoms with van der Waals surface area (Å²) in [7, 11) is 0. The predicted molar refractivity (Wildman–Crippen MR) is 74.7 cm³/mol. The summed E-state index contributed by atoms with van der Waals surface area (Å²) in [6, 6.07) is 7.85.